The maximum atomic E-state index is 13.7. The van der Waals surface area contributed by atoms with E-state index in [9.17, 15) is 14.4 Å². The van der Waals surface area contributed by atoms with Crippen LogP contribution in [0.5, 0.6) is 0 Å². The van der Waals surface area contributed by atoms with E-state index in [1.165, 1.54) is 14.0 Å². The predicted molar refractivity (Wildman–Crippen MR) is 146 cm³/mol. The average molecular weight is 591 g/mol. The normalized spacial score (nSPS) is 39.3. The monoisotopic (exact) mass is 590 g/mol. The molecule has 0 radical (unpaired) electrons. The molecule has 4 fully saturated rings. The van der Waals surface area contributed by atoms with Crippen LogP contribution in [0.25, 0.3) is 0 Å². The number of hydrogen-bond acceptors (Lipinski definition) is 11. The smallest absolute Gasteiger partial charge is 0.366 e. The summed E-state index contributed by atoms with van der Waals surface area (Å²) >= 11 is 0. The molecule has 0 amide bonds. The van der Waals surface area contributed by atoms with Crippen molar-refractivity contribution < 1.29 is 52.3 Å². The van der Waals surface area contributed by atoms with Crippen LogP contribution in [0, 0.1) is 17.8 Å². The number of rotatable bonds is 8. The van der Waals surface area contributed by atoms with Gasteiger partial charge in [-0.05, 0) is 19.3 Å². The highest BCUT2D eigenvalue weighted by molar-refractivity contribution is 5.79. The lowest BCUT2D eigenvalue weighted by Crippen LogP contribution is -2.66. The summed E-state index contributed by atoms with van der Waals surface area (Å²) in [6.45, 7) is 9.40. The third kappa shape index (κ3) is 5.94. The SMILES string of the molecule is CC[C@@H](C)[C@@H](OC(C)=O)C1O[C@](O[C@@H]2C(C)[C@H](C)OC3COC(c4ccccc4)O[C@@H]32)(C(=O)OC)C[C@H]2OC(=O)C[C@@H]12. The van der Waals surface area contributed by atoms with Gasteiger partial charge in [0.2, 0.25) is 0 Å². The maximum Gasteiger partial charge on any atom is 0.366 e. The van der Waals surface area contributed by atoms with Crippen LogP contribution >= 0.6 is 0 Å². The van der Waals surface area contributed by atoms with Gasteiger partial charge in [0, 0.05) is 24.3 Å². The number of carbonyl (C=O) groups excluding carboxylic acids is 3. The van der Waals surface area contributed by atoms with Gasteiger partial charge in [-0.1, -0.05) is 51.1 Å². The van der Waals surface area contributed by atoms with E-state index in [0.29, 0.717) is 6.42 Å². The zero-order valence-electron chi connectivity index (χ0n) is 25.1. The number of ether oxygens (including phenoxy) is 8. The molecule has 42 heavy (non-hydrogen) atoms. The summed E-state index contributed by atoms with van der Waals surface area (Å²) in [5.74, 6) is -4.42. The molecule has 1 aromatic rings. The second-order valence-electron chi connectivity index (χ2n) is 11.9. The van der Waals surface area contributed by atoms with E-state index < -0.39 is 72.5 Å². The van der Waals surface area contributed by atoms with Crippen molar-refractivity contribution in [1.82, 2.24) is 0 Å². The van der Waals surface area contributed by atoms with Gasteiger partial charge in [-0.2, -0.15) is 0 Å². The van der Waals surface area contributed by atoms with E-state index in [1.807, 2.05) is 58.0 Å². The Bertz CT molecular complexity index is 1130. The fraction of sp³-hybridized carbons (Fsp3) is 0.710. The summed E-state index contributed by atoms with van der Waals surface area (Å²) in [5.41, 5.74) is 0.844. The summed E-state index contributed by atoms with van der Waals surface area (Å²) in [6, 6.07) is 9.56. The van der Waals surface area contributed by atoms with Crippen LogP contribution < -0.4 is 0 Å². The van der Waals surface area contributed by atoms with Crippen LogP contribution in [0.1, 0.15) is 65.7 Å². The highest BCUT2D eigenvalue weighted by atomic mass is 16.8. The first-order chi connectivity index (χ1) is 20.1. The lowest BCUT2D eigenvalue weighted by Gasteiger charge is -2.52. The number of carbonyl (C=O) groups is 3. The first-order valence-corrected chi connectivity index (χ1v) is 14.8. The largest absolute Gasteiger partial charge is 0.465 e. The Morgan fingerprint density at radius 3 is 2.52 bits per heavy atom. The minimum atomic E-state index is -1.96. The van der Waals surface area contributed by atoms with Crippen LogP contribution in [-0.2, 0) is 52.3 Å². The number of methoxy groups -OCH3 is 1. The summed E-state index contributed by atoms with van der Waals surface area (Å²) in [7, 11) is 1.26. The highest BCUT2D eigenvalue weighted by Crippen LogP contribution is 2.47. The van der Waals surface area contributed by atoms with Crippen molar-refractivity contribution in [2.75, 3.05) is 13.7 Å². The molecule has 1 aromatic carbocycles. The molecule has 0 N–H and O–H groups in total. The van der Waals surface area contributed by atoms with Gasteiger partial charge < -0.3 is 37.9 Å². The molecule has 0 aromatic heterocycles. The van der Waals surface area contributed by atoms with Gasteiger partial charge in [-0.3, -0.25) is 9.59 Å². The van der Waals surface area contributed by atoms with Crippen molar-refractivity contribution in [3.63, 3.8) is 0 Å². The van der Waals surface area contributed by atoms with E-state index in [4.69, 9.17) is 37.9 Å². The van der Waals surface area contributed by atoms with E-state index in [0.717, 1.165) is 5.56 Å². The Morgan fingerprint density at radius 1 is 1.12 bits per heavy atom. The molecular weight excluding hydrogens is 548 g/mol. The highest BCUT2D eigenvalue weighted by Gasteiger charge is 2.62. The van der Waals surface area contributed by atoms with Gasteiger partial charge in [-0.25, -0.2) is 4.79 Å². The average Bonchev–Trinajstić information content (AvgIpc) is 3.36. The quantitative estimate of drug-likeness (QED) is 0.326. The maximum absolute atomic E-state index is 13.7. The van der Waals surface area contributed by atoms with Gasteiger partial charge in [0.15, 0.2) is 6.29 Å². The molecule has 4 heterocycles. The van der Waals surface area contributed by atoms with Crippen LogP contribution in [0.2, 0.25) is 0 Å². The molecule has 4 saturated heterocycles. The number of benzene rings is 1. The molecule has 0 aliphatic carbocycles. The molecule has 5 rings (SSSR count). The molecule has 11 nitrogen and oxygen atoms in total. The van der Waals surface area contributed by atoms with E-state index in [1.54, 1.807) is 0 Å². The molecule has 0 spiro atoms. The Labute approximate surface area is 246 Å². The number of fused-ring (bicyclic) bond motifs is 2. The Kier molecular flexibility index (Phi) is 9.24. The summed E-state index contributed by atoms with van der Waals surface area (Å²) in [4.78, 5) is 38.4. The topological polar surface area (TPSA) is 125 Å². The summed E-state index contributed by atoms with van der Waals surface area (Å²) < 4.78 is 48.8. The van der Waals surface area contributed by atoms with Crippen molar-refractivity contribution in [2.45, 2.75) is 109 Å². The standard InChI is InChI=1S/C31H42O11/c1-7-16(2)25(38-19(5)32)27-21-13-24(33)39-22(21)14-31(42-27,30(34)35-6)41-26-17(3)18(4)37-23-15-36-29(40-28(23)26)20-11-9-8-10-12-20/h8-12,16-18,21-23,25-29H,7,13-15H2,1-6H3/t16-,17?,18+,21-,22-,23?,25-,26-,27?,28+,29?,31+/m1/s1. The van der Waals surface area contributed by atoms with Gasteiger partial charge in [0.05, 0.1) is 38.8 Å². The van der Waals surface area contributed by atoms with E-state index >= 15 is 0 Å². The molecule has 11 heteroatoms. The molecule has 4 aliphatic heterocycles. The first-order valence-electron chi connectivity index (χ1n) is 14.8. The van der Waals surface area contributed by atoms with Gasteiger partial charge >= 0.3 is 17.9 Å². The third-order valence-corrected chi connectivity index (χ3v) is 9.14. The second-order valence-corrected chi connectivity index (χ2v) is 11.9. The fourth-order valence-corrected chi connectivity index (χ4v) is 6.52. The minimum absolute atomic E-state index is 0.0751. The first kappa shape index (κ1) is 30.9. The van der Waals surface area contributed by atoms with Crippen molar-refractivity contribution in [2.24, 2.45) is 17.8 Å². The molecule has 4 aliphatic rings. The van der Waals surface area contributed by atoms with Crippen molar-refractivity contribution >= 4 is 17.9 Å². The van der Waals surface area contributed by atoms with Gasteiger partial charge in [0.25, 0.3) is 5.79 Å². The lowest BCUT2D eigenvalue weighted by atomic mass is 9.80. The molecule has 12 atom stereocenters. The van der Waals surface area contributed by atoms with E-state index in [-0.39, 0.29) is 37.4 Å². The number of esters is 3. The zero-order chi connectivity index (χ0) is 30.2. The van der Waals surface area contributed by atoms with Crippen molar-refractivity contribution in [3.05, 3.63) is 35.9 Å². The zero-order valence-corrected chi connectivity index (χ0v) is 25.1. The van der Waals surface area contributed by atoms with Gasteiger partial charge in [0.1, 0.15) is 30.5 Å². The van der Waals surface area contributed by atoms with Crippen LogP contribution in [0.4, 0.5) is 0 Å². The van der Waals surface area contributed by atoms with E-state index in [2.05, 4.69) is 0 Å². The van der Waals surface area contributed by atoms with Crippen molar-refractivity contribution in [1.29, 1.82) is 0 Å². The molecule has 0 bridgehead atoms. The van der Waals surface area contributed by atoms with Crippen LogP contribution in [0.15, 0.2) is 30.3 Å². The van der Waals surface area contributed by atoms with Crippen molar-refractivity contribution in [3.8, 4) is 0 Å². The van der Waals surface area contributed by atoms with Crippen LogP contribution in [-0.4, -0.2) is 80.1 Å². The predicted octanol–water partition coefficient (Wildman–Crippen LogP) is 3.48. The Morgan fingerprint density at radius 2 is 1.86 bits per heavy atom. The lowest BCUT2D eigenvalue weighted by molar-refractivity contribution is -0.374. The molecule has 232 valence electrons. The molecule has 0 saturated carbocycles. The van der Waals surface area contributed by atoms with Gasteiger partial charge in [-0.15, -0.1) is 0 Å². The molecule has 4 unspecified atom stereocenters. The summed E-state index contributed by atoms with van der Waals surface area (Å²) in [5, 5.41) is 0. The molecular formula is C31H42O11. The number of hydrogen-bond donors (Lipinski definition) is 0. The third-order valence-electron chi connectivity index (χ3n) is 9.14. The Balaban J connectivity index is 1.51. The second kappa shape index (κ2) is 12.6. The minimum Gasteiger partial charge on any atom is -0.465 e. The summed E-state index contributed by atoms with van der Waals surface area (Å²) in [6.07, 6.45) is -4.29. The Hall–Kier alpha value is -2.57. The van der Waals surface area contributed by atoms with Crippen LogP contribution in [0.3, 0.4) is 0 Å². The fourth-order valence-electron chi connectivity index (χ4n) is 6.52.